The third-order valence-corrected chi connectivity index (χ3v) is 4.99. The number of benzene rings is 1. The van der Waals surface area contributed by atoms with Gasteiger partial charge in [0.1, 0.15) is 5.76 Å². The molecule has 1 N–H and O–H groups in total. The first kappa shape index (κ1) is 17.5. The minimum Gasteiger partial charge on any atom is -0.476 e. The predicted octanol–water partition coefficient (Wildman–Crippen LogP) is 2.83. The number of hydrogen-bond donors (Lipinski definition) is 1. The van der Waals surface area contributed by atoms with Gasteiger partial charge in [-0.15, -0.1) is 0 Å². The van der Waals surface area contributed by atoms with Crippen molar-refractivity contribution in [3.8, 4) is 5.69 Å². The van der Waals surface area contributed by atoms with Crippen LogP contribution in [0.3, 0.4) is 0 Å². The normalized spacial score (nSPS) is 13.5. The van der Waals surface area contributed by atoms with Gasteiger partial charge in [0.25, 0.3) is 5.91 Å². The van der Waals surface area contributed by atoms with Gasteiger partial charge in [-0.05, 0) is 31.2 Å². The molecule has 0 saturated heterocycles. The summed E-state index contributed by atoms with van der Waals surface area (Å²) in [5, 5.41) is 17.6. The number of carboxylic acid groups (broad SMARTS) is 1. The number of nitrogens with zero attached hydrogens (tertiary/aromatic N) is 4. The Labute approximate surface area is 162 Å². The van der Waals surface area contributed by atoms with Crippen LogP contribution in [0.25, 0.3) is 5.69 Å². The molecule has 1 aromatic carbocycles. The van der Waals surface area contributed by atoms with Gasteiger partial charge >= 0.3 is 5.97 Å². The second kappa shape index (κ2) is 6.66. The lowest BCUT2D eigenvalue weighted by molar-refractivity contribution is 0.0671. The average Bonchev–Trinajstić information content (AvgIpc) is 3.25. The van der Waals surface area contributed by atoms with Crippen LogP contribution in [0.2, 0.25) is 0 Å². The van der Waals surface area contributed by atoms with Gasteiger partial charge in [0.05, 0.1) is 17.9 Å². The molecule has 9 heteroatoms. The van der Waals surface area contributed by atoms with Crippen LogP contribution < -0.4 is 0 Å². The summed E-state index contributed by atoms with van der Waals surface area (Å²) in [6.45, 7) is 2.32. The molecule has 0 fully saturated rings. The fourth-order valence-corrected chi connectivity index (χ4v) is 3.45. The molecule has 8 nitrogen and oxygen atoms in total. The summed E-state index contributed by atoms with van der Waals surface area (Å²) in [7, 11) is 0. The number of amides is 1. The molecule has 1 aliphatic rings. The molecule has 0 aliphatic carbocycles. The first-order valence-corrected chi connectivity index (χ1v) is 9.06. The number of aromatic carboxylic acids is 1. The lowest BCUT2D eigenvalue weighted by Gasteiger charge is -2.27. The second-order valence-corrected chi connectivity index (χ2v) is 7.18. The summed E-state index contributed by atoms with van der Waals surface area (Å²) in [5.74, 6) is -0.857. The highest BCUT2D eigenvalue weighted by molar-refractivity contribution is 9.10. The molecule has 0 atom stereocenters. The first-order chi connectivity index (χ1) is 12.9. The lowest BCUT2D eigenvalue weighted by Crippen LogP contribution is -2.36. The molecule has 27 heavy (non-hydrogen) atoms. The molecular weight excluding hydrogens is 416 g/mol. The number of aromatic nitrogens is 3. The zero-order valence-corrected chi connectivity index (χ0v) is 15.9. The van der Waals surface area contributed by atoms with E-state index in [1.807, 2.05) is 24.3 Å². The van der Waals surface area contributed by atoms with Crippen LogP contribution in [0.4, 0.5) is 0 Å². The molecule has 3 heterocycles. The third kappa shape index (κ3) is 3.14. The largest absolute Gasteiger partial charge is 0.476 e. The Morgan fingerprint density at radius 3 is 2.63 bits per heavy atom. The molecule has 0 spiro atoms. The molecule has 138 valence electrons. The van der Waals surface area contributed by atoms with E-state index in [-0.39, 0.29) is 23.8 Å². The summed E-state index contributed by atoms with van der Waals surface area (Å²) in [6, 6.07) is 9.03. The van der Waals surface area contributed by atoms with Crippen molar-refractivity contribution in [1.29, 1.82) is 0 Å². The van der Waals surface area contributed by atoms with Gasteiger partial charge < -0.3 is 14.5 Å². The van der Waals surface area contributed by atoms with Gasteiger partial charge in [-0.2, -0.15) is 5.10 Å². The Morgan fingerprint density at radius 1 is 1.26 bits per heavy atom. The number of rotatable bonds is 3. The Hall–Kier alpha value is -2.94. The maximum atomic E-state index is 12.6. The van der Waals surface area contributed by atoms with E-state index < -0.39 is 5.97 Å². The van der Waals surface area contributed by atoms with Crippen LogP contribution in [0.5, 0.6) is 0 Å². The van der Waals surface area contributed by atoms with Crippen LogP contribution >= 0.6 is 15.9 Å². The molecule has 2 aromatic heterocycles. The number of halogens is 1. The van der Waals surface area contributed by atoms with E-state index in [1.54, 1.807) is 22.6 Å². The molecule has 1 amide bonds. The van der Waals surface area contributed by atoms with Gasteiger partial charge in [-0.3, -0.25) is 4.79 Å². The van der Waals surface area contributed by atoms with Crippen LogP contribution in [0.15, 0.2) is 39.3 Å². The van der Waals surface area contributed by atoms with Crippen molar-refractivity contribution < 1.29 is 19.2 Å². The Kier molecular flexibility index (Phi) is 4.31. The van der Waals surface area contributed by atoms with E-state index in [4.69, 9.17) is 4.52 Å². The minimum absolute atomic E-state index is 0.0400. The number of carbonyl (C=O) groups excluding carboxylic acids is 1. The maximum Gasteiger partial charge on any atom is 0.356 e. The fraction of sp³-hybridized carbons (Fsp3) is 0.222. The summed E-state index contributed by atoms with van der Waals surface area (Å²) in [5.41, 5.74) is 2.30. The van der Waals surface area contributed by atoms with Crippen molar-refractivity contribution in [3.05, 3.63) is 63.2 Å². The summed E-state index contributed by atoms with van der Waals surface area (Å²) in [4.78, 5) is 25.9. The van der Waals surface area contributed by atoms with Crippen LogP contribution in [-0.2, 0) is 13.0 Å². The highest BCUT2D eigenvalue weighted by Crippen LogP contribution is 2.27. The van der Waals surface area contributed by atoms with Crippen molar-refractivity contribution in [2.45, 2.75) is 19.9 Å². The fourth-order valence-electron chi connectivity index (χ4n) is 3.19. The zero-order valence-electron chi connectivity index (χ0n) is 14.3. The minimum atomic E-state index is -1.12. The predicted molar refractivity (Wildman–Crippen MR) is 97.9 cm³/mol. The highest BCUT2D eigenvalue weighted by Gasteiger charge is 2.31. The number of fused-ring (bicyclic) bond motifs is 1. The molecular formula is C18H15BrN4O4. The monoisotopic (exact) mass is 430 g/mol. The summed E-state index contributed by atoms with van der Waals surface area (Å²) in [6.07, 6.45) is 0.494. The van der Waals surface area contributed by atoms with Gasteiger partial charge in [0.15, 0.2) is 11.4 Å². The van der Waals surface area contributed by atoms with E-state index in [0.717, 1.165) is 15.9 Å². The van der Waals surface area contributed by atoms with Crippen molar-refractivity contribution in [2.24, 2.45) is 0 Å². The smallest absolute Gasteiger partial charge is 0.356 e. The van der Waals surface area contributed by atoms with Crippen LogP contribution in [0.1, 0.15) is 38.0 Å². The molecule has 4 rings (SSSR count). The Morgan fingerprint density at radius 2 is 2.00 bits per heavy atom. The third-order valence-electron chi connectivity index (χ3n) is 4.47. The second-order valence-electron chi connectivity index (χ2n) is 6.27. The summed E-state index contributed by atoms with van der Waals surface area (Å²) >= 11 is 3.39. The zero-order chi connectivity index (χ0) is 19.1. The van der Waals surface area contributed by atoms with Gasteiger partial charge in [-0.1, -0.05) is 21.1 Å². The molecule has 0 unspecified atom stereocenters. The Balaban J connectivity index is 1.71. The van der Waals surface area contributed by atoms with Crippen molar-refractivity contribution in [1.82, 2.24) is 19.8 Å². The van der Waals surface area contributed by atoms with Gasteiger partial charge in [-0.25, -0.2) is 9.48 Å². The molecule has 1 aliphatic heterocycles. The molecule has 0 bridgehead atoms. The molecule has 3 aromatic rings. The van der Waals surface area contributed by atoms with Crippen molar-refractivity contribution >= 4 is 27.8 Å². The van der Waals surface area contributed by atoms with E-state index >= 15 is 0 Å². The highest BCUT2D eigenvalue weighted by atomic mass is 79.9. The first-order valence-electron chi connectivity index (χ1n) is 8.26. The standard InChI is InChI=1S/C18H15BrN4O4/c1-10-8-14(21-27-10)17(24)22-7-6-15-13(9-22)16(18(25)26)20-23(15)12-4-2-11(19)3-5-12/h2-5,8H,6-7,9H2,1H3,(H,25,26). The van der Waals surface area contributed by atoms with Gasteiger partial charge in [0, 0.05) is 29.1 Å². The topological polar surface area (TPSA) is 101 Å². The van der Waals surface area contributed by atoms with E-state index in [0.29, 0.717) is 24.3 Å². The average molecular weight is 431 g/mol. The van der Waals surface area contributed by atoms with Gasteiger partial charge in [0.2, 0.25) is 0 Å². The van der Waals surface area contributed by atoms with E-state index in [1.165, 1.54) is 0 Å². The van der Waals surface area contributed by atoms with Crippen molar-refractivity contribution in [3.63, 3.8) is 0 Å². The Bertz CT molecular complexity index is 1040. The van der Waals surface area contributed by atoms with Crippen LogP contribution in [-0.4, -0.2) is 43.4 Å². The van der Waals surface area contributed by atoms with E-state index in [9.17, 15) is 14.7 Å². The maximum absolute atomic E-state index is 12.6. The quantitative estimate of drug-likeness (QED) is 0.685. The lowest BCUT2D eigenvalue weighted by atomic mass is 10.0. The number of carbonyl (C=O) groups is 2. The number of carboxylic acids is 1. The number of aryl methyl sites for hydroxylation is 1. The molecule has 0 saturated carbocycles. The SMILES string of the molecule is Cc1cc(C(=O)N2CCc3c(c(C(=O)O)nn3-c3ccc(Br)cc3)C2)no1. The molecule has 0 radical (unpaired) electrons. The summed E-state index contributed by atoms with van der Waals surface area (Å²) < 4.78 is 7.54. The van der Waals surface area contributed by atoms with E-state index in [2.05, 4.69) is 26.2 Å². The van der Waals surface area contributed by atoms with Crippen molar-refractivity contribution in [2.75, 3.05) is 6.54 Å². The number of hydrogen-bond acceptors (Lipinski definition) is 5. The van der Waals surface area contributed by atoms with Crippen LogP contribution in [0, 0.1) is 6.92 Å².